The van der Waals surface area contributed by atoms with Crippen LogP contribution in [0.4, 0.5) is 0 Å². The van der Waals surface area contributed by atoms with Gasteiger partial charge in [0.15, 0.2) is 0 Å². The number of esters is 1. The summed E-state index contributed by atoms with van der Waals surface area (Å²) in [5.74, 6) is -0.371. The summed E-state index contributed by atoms with van der Waals surface area (Å²) in [7, 11) is 0. The number of hydrogen-bond acceptors (Lipinski definition) is 3. The standard InChI is InChI=1S/C21H20Cl2O3/c1-12-3-4-13(2)21(14-5-8-18(22)19(23)9-14)17(12)7-6-16-10-15(24)11-20(25)26-16/h3-9,15-16,24H,10-11H2,1-2H3/b7-6+/t15-,16-/m1/s1. The van der Waals surface area contributed by atoms with Crippen LogP contribution in [0.2, 0.25) is 10.0 Å². The van der Waals surface area contributed by atoms with Gasteiger partial charge in [-0.1, -0.05) is 47.5 Å². The third-order valence-electron chi connectivity index (χ3n) is 4.55. The fraction of sp³-hybridized carbons (Fsp3) is 0.286. The van der Waals surface area contributed by atoms with E-state index in [2.05, 4.69) is 12.1 Å². The van der Waals surface area contributed by atoms with Gasteiger partial charge in [0, 0.05) is 6.42 Å². The topological polar surface area (TPSA) is 46.5 Å². The average molecular weight is 391 g/mol. The molecule has 0 aromatic heterocycles. The second-order valence-corrected chi connectivity index (χ2v) is 7.41. The zero-order valence-electron chi connectivity index (χ0n) is 14.6. The van der Waals surface area contributed by atoms with Crippen LogP contribution >= 0.6 is 23.2 Å². The Kier molecular flexibility index (Phi) is 5.71. The van der Waals surface area contributed by atoms with Crippen LogP contribution in [0.3, 0.4) is 0 Å². The van der Waals surface area contributed by atoms with E-state index in [4.69, 9.17) is 27.9 Å². The number of benzene rings is 2. The van der Waals surface area contributed by atoms with E-state index in [-0.39, 0.29) is 12.4 Å². The molecular formula is C21H20Cl2O3. The van der Waals surface area contributed by atoms with Crippen molar-refractivity contribution in [2.24, 2.45) is 0 Å². The summed E-state index contributed by atoms with van der Waals surface area (Å²) in [6.45, 7) is 4.07. The van der Waals surface area contributed by atoms with E-state index in [1.165, 1.54) is 0 Å². The van der Waals surface area contributed by atoms with Crippen molar-refractivity contribution in [3.05, 3.63) is 63.1 Å². The third kappa shape index (κ3) is 4.12. The highest BCUT2D eigenvalue weighted by molar-refractivity contribution is 6.42. The monoisotopic (exact) mass is 390 g/mol. The maximum atomic E-state index is 11.5. The number of rotatable bonds is 3. The number of carbonyl (C=O) groups is 1. The summed E-state index contributed by atoms with van der Waals surface area (Å²) in [4.78, 5) is 11.5. The summed E-state index contributed by atoms with van der Waals surface area (Å²) in [5, 5.41) is 10.8. The van der Waals surface area contributed by atoms with E-state index in [0.717, 1.165) is 27.8 Å². The lowest BCUT2D eigenvalue weighted by Gasteiger charge is -2.23. The fourth-order valence-electron chi connectivity index (χ4n) is 3.21. The van der Waals surface area contributed by atoms with E-state index in [0.29, 0.717) is 16.5 Å². The summed E-state index contributed by atoms with van der Waals surface area (Å²) in [6, 6.07) is 9.70. The molecule has 1 aliphatic heterocycles. The Morgan fingerprint density at radius 2 is 1.85 bits per heavy atom. The molecule has 0 saturated carbocycles. The van der Waals surface area contributed by atoms with Crippen molar-refractivity contribution in [2.75, 3.05) is 0 Å². The molecule has 0 aliphatic carbocycles. The predicted octanol–water partition coefficient (Wildman–Crippen LogP) is 5.36. The highest BCUT2D eigenvalue weighted by Gasteiger charge is 2.25. The van der Waals surface area contributed by atoms with Crippen LogP contribution in [0.1, 0.15) is 29.5 Å². The molecule has 1 aliphatic rings. The Labute approximate surface area is 163 Å². The Hall–Kier alpha value is -1.81. The molecule has 1 heterocycles. The smallest absolute Gasteiger partial charge is 0.309 e. The Balaban J connectivity index is 2.01. The van der Waals surface area contributed by atoms with Crippen LogP contribution in [0, 0.1) is 13.8 Å². The van der Waals surface area contributed by atoms with Gasteiger partial charge in [0.25, 0.3) is 0 Å². The first kappa shape index (κ1) is 19.0. The summed E-state index contributed by atoms with van der Waals surface area (Å²) in [6.07, 6.45) is 3.18. The third-order valence-corrected chi connectivity index (χ3v) is 5.29. The van der Waals surface area contributed by atoms with Crippen molar-refractivity contribution in [1.29, 1.82) is 0 Å². The van der Waals surface area contributed by atoms with Gasteiger partial charge in [-0.3, -0.25) is 4.79 Å². The summed E-state index contributed by atoms with van der Waals surface area (Å²) < 4.78 is 5.30. The van der Waals surface area contributed by atoms with Crippen LogP contribution in [-0.2, 0) is 9.53 Å². The molecule has 2 aromatic rings. The molecular weight excluding hydrogens is 371 g/mol. The van der Waals surface area contributed by atoms with Crippen molar-refractivity contribution in [2.45, 2.75) is 38.9 Å². The molecule has 136 valence electrons. The lowest BCUT2D eigenvalue weighted by molar-refractivity contribution is -0.156. The predicted molar refractivity (Wildman–Crippen MR) is 106 cm³/mol. The second-order valence-electron chi connectivity index (χ2n) is 6.60. The lowest BCUT2D eigenvalue weighted by atomic mass is 9.91. The molecule has 0 amide bonds. The Morgan fingerprint density at radius 3 is 2.54 bits per heavy atom. The quantitative estimate of drug-likeness (QED) is 0.717. The van der Waals surface area contributed by atoms with Gasteiger partial charge in [-0.15, -0.1) is 0 Å². The molecule has 0 bridgehead atoms. The molecule has 3 nitrogen and oxygen atoms in total. The fourth-order valence-corrected chi connectivity index (χ4v) is 3.51. The molecule has 2 atom stereocenters. The van der Waals surface area contributed by atoms with Gasteiger partial charge in [0.2, 0.25) is 0 Å². The van der Waals surface area contributed by atoms with E-state index in [1.807, 2.05) is 38.1 Å². The number of hydrogen-bond donors (Lipinski definition) is 1. The first-order valence-corrected chi connectivity index (χ1v) is 9.22. The highest BCUT2D eigenvalue weighted by Crippen LogP contribution is 2.35. The summed E-state index contributed by atoms with van der Waals surface area (Å²) in [5.41, 5.74) is 5.26. The van der Waals surface area contributed by atoms with Crippen LogP contribution in [0.25, 0.3) is 17.2 Å². The first-order chi connectivity index (χ1) is 12.3. The Bertz CT molecular complexity index is 874. The maximum absolute atomic E-state index is 11.5. The molecule has 0 spiro atoms. The summed E-state index contributed by atoms with van der Waals surface area (Å²) >= 11 is 12.3. The lowest BCUT2D eigenvalue weighted by Crippen LogP contribution is -2.31. The van der Waals surface area contributed by atoms with Gasteiger partial charge in [0.05, 0.1) is 22.6 Å². The second kappa shape index (κ2) is 7.83. The number of aliphatic hydroxyl groups excluding tert-OH is 1. The number of aryl methyl sites for hydroxylation is 2. The van der Waals surface area contributed by atoms with Crippen LogP contribution in [-0.4, -0.2) is 23.3 Å². The zero-order chi connectivity index (χ0) is 18.8. The van der Waals surface area contributed by atoms with Gasteiger partial charge in [-0.25, -0.2) is 0 Å². The van der Waals surface area contributed by atoms with Crippen LogP contribution in [0.15, 0.2) is 36.4 Å². The zero-order valence-corrected chi connectivity index (χ0v) is 16.1. The largest absolute Gasteiger partial charge is 0.458 e. The molecule has 1 fully saturated rings. The minimum absolute atomic E-state index is 0.0579. The van der Waals surface area contributed by atoms with E-state index in [9.17, 15) is 9.90 Å². The first-order valence-electron chi connectivity index (χ1n) is 8.46. The Morgan fingerprint density at radius 1 is 1.12 bits per heavy atom. The molecule has 1 N–H and O–H groups in total. The number of halogens is 2. The molecule has 2 aromatic carbocycles. The van der Waals surface area contributed by atoms with E-state index >= 15 is 0 Å². The van der Waals surface area contributed by atoms with Crippen molar-refractivity contribution in [3.8, 4) is 11.1 Å². The SMILES string of the molecule is Cc1ccc(C)c(-c2ccc(Cl)c(Cl)c2)c1/C=C/[C@@H]1C[C@@H](O)CC(=O)O1. The van der Waals surface area contributed by atoms with Crippen molar-refractivity contribution < 1.29 is 14.6 Å². The molecule has 5 heteroatoms. The molecule has 1 saturated heterocycles. The minimum Gasteiger partial charge on any atom is -0.458 e. The van der Waals surface area contributed by atoms with E-state index in [1.54, 1.807) is 6.07 Å². The van der Waals surface area contributed by atoms with Gasteiger partial charge in [-0.05, 0) is 59.9 Å². The van der Waals surface area contributed by atoms with Gasteiger partial charge < -0.3 is 9.84 Å². The maximum Gasteiger partial charge on any atom is 0.309 e. The van der Waals surface area contributed by atoms with Gasteiger partial charge >= 0.3 is 5.97 Å². The number of carbonyl (C=O) groups excluding carboxylic acids is 1. The minimum atomic E-state index is -0.654. The van der Waals surface area contributed by atoms with Crippen molar-refractivity contribution >= 4 is 35.2 Å². The van der Waals surface area contributed by atoms with Crippen LogP contribution < -0.4 is 0 Å². The molecule has 26 heavy (non-hydrogen) atoms. The highest BCUT2D eigenvalue weighted by atomic mass is 35.5. The van der Waals surface area contributed by atoms with Crippen molar-refractivity contribution in [3.63, 3.8) is 0 Å². The molecule has 3 rings (SSSR count). The number of aliphatic hydroxyl groups is 1. The normalized spacial score (nSPS) is 20.4. The van der Waals surface area contributed by atoms with Crippen molar-refractivity contribution in [1.82, 2.24) is 0 Å². The molecule has 0 radical (unpaired) electrons. The number of ether oxygens (including phenoxy) is 1. The van der Waals surface area contributed by atoms with Crippen LogP contribution in [0.5, 0.6) is 0 Å². The average Bonchev–Trinajstić information content (AvgIpc) is 2.57. The molecule has 0 unspecified atom stereocenters. The number of cyclic esters (lactones) is 1. The van der Waals surface area contributed by atoms with E-state index < -0.39 is 12.2 Å². The van der Waals surface area contributed by atoms with Gasteiger partial charge in [-0.2, -0.15) is 0 Å². The van der Waals surface area contributed by atoms with Gasteiger partial charge in [0.1, 0.15) is 6.10 Å².